The zero-order valence-corrected chi connectivity index (χ0v) is 17.0. The number of oxime groups is 1. The van der Waals surface area contributed by atoms with Gasteiger partial charge in [0.15, 0.2) is 18.2 Å². The number of benzene rings is 1. The van der Waals surface area contributed by atoms with Gasteiger partial charge in [-0.15, -0.1) is 0 Å². The van der Waals surface area contributed by atoms with E-state index in [1.54, 1.807) is 46.0 Å². The van der Waals surface area contributed by atoms with E-state index >= 15 is 0 Å². The van der Waals surface area contributed by atoms with Crippen molar-refractivity contribution in [3.05, 3.63) is 59.8 Å². The summed E-state index contributed by atoms with van der Waals surface area (Å²) in [5, 5.41) is 15.9. The maximum Gasteiger partial charge on any atom is 0.413 e. The fourth-order valence-electron chi connectivity index (χ4n) is 2.20. The highest BCUT2D eigenvalue weighted by Gasteiger charge is 2.17. The first kappa shape index (κ1) is 21.8. The van der Waals surface area contributed by atoms with Gasteiger partial charge >= 0.3 is 6.09 Å². The molecule has 0 saturated heterocycles. The Morgan fingerprint density at radius 2 is 1.90 bits per heavy atom. The van der Waals surface area contributed by atoms with Crippen molar-refractivity contribution < 1.29 is 14.4 Å². The van der Waals surface area contributed by atoms with Crippen LogP contribution in [0, 0.1) is 5.41 Å². The molecule has 4 N–H and O–H groups in total. The number of likely N-dealkylation sites (N-methyl/N-ethyl adjacent to an activating group) is 1. The van der Waals surface area contributed by atoms with Crippen LogP contribution in [0.15, 0.2) is 53.7 Å². The molecule has 29 heavy (non-hydrogen) atoms. The number of hydrogen-bond acceptors (Lipinski definition) is 7. The van der Waals surface area contributed by atoms with Crippen molar-refractivity contribution in [2.75, 3.05) is 12.4 Å². The average Bonchev–Trinajstić information content (AvgIpc) is 2.64. The van der Waals surface area contributed by atoms with E-state index in [0.717, 1.165) is 5.01 Å². The lowest BCUT2D eigenvalue weighted by atomic mass is 10.1. The summed E-state index contributed by atoms with van der Waals surface area (Å²) in [5.41, 5.74) is 0.928. The van der Waals surface area contributed by atoms with Crippen molar-refractivity contribution in [3.8, 4) is 0 Å². The Balaban J connectivity index is 2.07. The maximum absolute atomic E-state index is 11.9. The van der Waals surface area contributed by atoms with E-state index in [-0.39, 0.29) is 12.4 Å². The Kier molecular flexibility index (Phi) is 7.27. The van der Waals surface area contributed by atoms with Crippen LogP contribution in [0.1, 0.15) is 32.0 Å². The van der Waals surface area contributed by atoms with Crippen LogP contribution in [-0.4, -0.2) is 40.3 Å². The van der Waals surface area contributed by atoms with Gasteiger partial charge in [-0.2, -0.15) is 0 Å². The number of aromatic nitrogens is 1. The van der Waals surface area contributed by atoms with Gasteiger partial charge in [0, 0.05) is 12.6 Å². The number of amides is 1. The molecular weight excluding hydrogens is 372 g/mol. The maximum atomic E-state index is 11.9. The van der Waals surface area contributed by atoms with Gasteiger partial charge in [-0.3, -0.25) is 15.7 Å². The quantitative estimate of drug-likeness (QED) is 0.297. The summed E-state index contributed by atoms with van der Waals surface area (Å²) in [4.78, 5) is 21.6. The molecule has 1 aromatic carbocycles. The van der Waals surface area contributed by atoms with Gasteiger partial charge in [-0.1, -0.05) is 41.6 Å². The molecule has 0 spiro atoms. The zero-order valence-electron chi connectivity index (χ0n) is 17.0. The number of rotatable bonds is 6. The normalized spacial score (nSPS) is 11.6. The molecule has 0 aliphatic rings. The largest absolute Gasteiger partial charge is 0.444 e. The van der Waals surface area contributed by atoms with Gasteiger partial charge in [0.25, 0.3) is 0 Å². The van der Waals surface area contributed by atoms with E-state index in [0.29, 0.717) is 22.8 Å². The summed E-state index contributed by atoms with van der Waals surface area (Å²) < 4.78 is 5.21. The summed E-state index contributed by atoms with van der Waals surface area (Å²) in [6.07, 6.45) is -0.591. The molecule has 0 fully saturated rings. The van der Waals surface area contributed by atoms with E-state index < -0.39 is 11.7 Å². The highest BCUT2D eigenvalue weighted by atomic mass is 16.6. The third-order valence-electron chi connectivity index (χ3n) is 3.43. The Bertz CT molecular complexity index is 875. The van der Waals surface area contributed by atoms with E-state index in [2.05, 4.69) is 15.5 Å². The molecule has 0 atom stereocenters. The van der Waals surface area contributed by atoms with Gasteiger partial charge in [-0.25, -0.2) is 15.6 Å². The number of amidine groups is 1. The van der Waals surface area contributed by atoms with Crippen LogP contribution >= 0.6 is 0 Å². The molecule has 154 valence electrons. The number of pyridine rings is 1. The van der Waals surface area contributed by atoms with Gasteiger partial charge < -0.3 is 9.57 Å². The second-order valence-corrected chi connectivity index (χ2v) is 7.18. The first-order valence-corrected chi connectivity index (χ1v) is 8.94. The summed E-state index contributed by atoms with van der Waals surface area (Å²) in [6, 6.07) is 14.3. The number of carbonyl (C=O) groups is 1. The van der Waals surface area contributed by atoms with Crippen molar-refractivity contribution in [3.63, 3.8) is 0 Å². The Labute approximate surface area is 170 Å². The number of anilines is 1. The molecule has 9 heteroatoms. The molecule has 9 nitrogen and oxygen atoms in total. The molecule has 0 saturated carbocycles. The second-order valence-electron chi connectivity index (χ2n) is 7.18. The van der Waals surface area contributed by atoms with E-state index in [1.165, 1.54) is 0 Å². The monoisotopic (exact) mass is 398 g/mol. The molecule has 0 aliphatic carbocycles. The highest BCUT2D eigenvalue weighted by molar-refractivity contribution is 6.46. The predicted molar refractivity (Wildman–Crippen MR) is 112 cm³/mol. The third kappa shape index (κ3) is 7.23. The lowest BCUT2D eigenvalue weighted by Gasteiger charge is -2.19. The Hall–Kier alpha value is -3.46. The molecule has 2 rings (SSSR count). The lowest BCUT2D eigenvalue weighted by molar-refractivity contribution is 0.0635. The predicted octanol–water partition coefficient (Wildman–Crippen LogP) is 3.13. The molecule has 0 aliphatic heterocycles. The minimum atomic E-state index is -0.603. The number of ether oxygens (including phenoxy) is 1. The molecular formula is C20H26N6O3. The van der Waals surface area contributed by atoms with Gasteiger partial charge in [0.1, 0.15) is 11.4 Å². The molecule has 0 unspecified atom stereocenters. The van der Waals surface area contributed by atoms with E-state index in [1.807, 2.05) is 30.3 Å². The molecule has 1 amide bonds. The number of hydrogen-bond donors (Lipinski definition) is 3. The fourth-order valence-corrected chi connectivity index (χ4v) is 2.20. The van der Waals surface area contributed by atoms with Crippen LogP contribution in [0.4, 0.5) is 10.6 Å². The van der Waals surface area contributed by atoms with Crippen molar-refractivity contribution in [1.29, 1.82) is 5.41 Å². The van der Waals surface area contributed by atoms with E-state index in [4.69, 9.17) is 20.8 Å². The van der Waals surface area contributed by atoms with Crippen molar-refractivity contribution >= 4 is 23.5 Å². The molecule has 0 bridgehead atoms. The smallest absolute Gasteiger partial charge is 0.413 e. The number of nitrogens with two attached hydrogens (primary N) is 1. The van der Waals surface area contributed by atoms with Crippen molar-refractivity contribution in [2.45, 2.75) is 33.0 Å². The Morgan fingerprint density at radius 1 is 1.21 bits per heavy atom. The van der Waals surface area contributed by atoms with Crippen LogP contribution in [-0.2, 0) is 16.2 Å². The SMILES string of the molecule is CN(N)C(=N)/C(=N\OCc1cccc(NC(=O)OC(C)(C)C)n1)c1ccccc1. The van der Waals surface area contributed by atoms with Crippen molar-refractivity contribution in [1.82, 2.24) is 9.99 Å². The van der Waals surface area contributed by atoms with E-state index in [9.17, 15) is 4.79 Å². The first-order chi connectivity index (χ1) is 13.7. The van der Waals surface area contributed by atoms with Crippen LogP contribution in [0.5, 0.6) is 0 Å². The molecule has 1 heterocycles. The number of carbonyl (C=O) groups excluding carboxylic acids is 1. The van der Waals surface area contributed by atoms with Crippen molar-refractivity contribution in [2.24, 2.45) is 11.0 Å². The van der Waals surface area contributed by atoms with Gasteiger partial charge in [-0.05, 0) is 32.9 Å². The minimum Gasteiger partial charge on any atom is -0.444 e. The molecule has 2 aromatic rings. The molecule has 0 radical (unpaired) electrons. The van der Waals surface area contributed by atoms with Crippen LogP contribution in [0.25, 0.3) is 0 Å². The van der Waals surface area contributed by atoms with Gasteiger partial charge in [0.2, 0.25) is 0 Å². The number of nitrogens with one attached hydrogen (secondary N) is 2. The van der Waals surface area contributed by atoms with Crippen LogP contribution < -0.4 is 11.2 Å². The standard InChI is InChI=1S/C20H26N6O3/c1-20(2,3)29-19(27)24-16-12-8-11-15(23-16)13-28-25-17(18(21)26(4)22)14-9-6-5-7-10-14/h5-12,21H,13,22H2,1-4H3,(H,23,24,27)/b21-18?,25-17-. The fraction of sp³-hybridized carbons (Fsp3) is 0.300. The van der Waals surface area contributed by atoms with Crippen LogP contribution in [0.3, 0.4) is 0 Å². The summed E-state index contributed by atoms with van der Waals surface area (Å²) in [7, 11) is 1.55. The second kappa shape index (κ2) is 9.65. The topological polar surface area (TPSA) is 126 Å². The summed E-state index contributed by atoms with van der Waals surface area (Å²) in [5.74, 6) is 6.01. The zero-order chi connectivity index (χ0) is 21.4. The summed E-state index contributed by atoms with van der Waals surface area (Å²) in [6.45, 7) is 5.39. The highest BCUT2D eigenvalue weighted by Crippen LogP contribution is 2.11. The number of nitrogens with zero attached hydrogens (tertiary/aromatic N) is 3. The Morgan fingerprint density at radius 3 is 2.52 bits per heavy atom. The third-order valence-corrected chi connectivity index (χ3v) is 3.43. The average molecular weight is 398 g/mol. The minimum absolute atomic E-state index is 0.00417. The number of hydrazine groups is 1. The molecule has 1 aromatic heterocycles. The first-order valence-electron chi connectivity index (χ1n) is 8.94. The van der Waals surface area contributed by atoms with Crippen LogP contribution in [0.2, 0.25) is 0 Å². The lowest BCUT2D eigenvalue weighted by Crippen LogP contribution is -2.38. The summed E-state index contributed by atoms with van der Waals surface area (Å²) >= 11 is 0. The van der Waals surface area contributed by atoms with Gasteiger partial charge in [0.05, 0.1) is 5.69 Å².